The fraction of sp³-hybridized carbons (Fsp3) is 0.133. The molecule has 2 aromatic carbocycles. The zero-order valence-corrected chi connectivity index (χ0v) is 10.2. The van der Waals surface area contributed by atoms with E-state index in [1.165, 1.54) is 10.8 Å². The number of aromatic nitrogens is 2. The number of rotatable bonds is 2. The summed E-state index contributed by atoms with van der Waals surface area (Å²) in [6.45, 7) is 1.92. The first kappa shape index (κ1) is 11.0. The summed E-state index contributed by atoms with van der Waals surface area (Å²) < 4.78 is 0. The minimum Gasteiger partial charge on any atom is -0.341 e. The predicted molar refractivity (Wildman–Crippen MR) is 74.1 cm³/mol. The standard InChI is InChI=1S/C15H15N3/c1-10(16)15-17-9-14(18-15)13-7-6-11-4-2-3-5-12(11)8-13/h2-10H,16H2,1H3,(H,17,18)/t10-/m0/s1. The van der Waals surface area contributed by atoms with Gasteiger partial charge in [-0.05, 0) is 23.8 Å². The lowest BCUT2D eigenvalue weighted by Crippen LogP contribution is -2.06. The predicted octanol–water partition coefficient (Wildman–Crippen LogP) is 3.25. The van der Waals surface area contributed by atoms with Gasteiger partial charge in [0.1, 0.15) is 5.82 Å². The minimum atomic E-state index is -0.0702. The third-order valence-electron chi connectivity index (χ3n) is 3.09. The molecule has 0 amide bonds. The van der Waals surface area contributed by atoms with E-state index >= 15 is 0 Å². The van der Waals surface area contributed by atoms with E-state index in [1.807, 2.05) is 25.3 Å². The summed E-state index contributed by atoms with van der Waals surface area (Å²) in [5.41, 5.74) is 7.94. The van der Waals surface area contributed by atoms with Crippen molar-refractivity contribution in [3.63, 3.8) is 0 Å². The molecule has 0 saturated heterocycles. The molecule has 0 bridgehead atoms. The molecule has 1 atom stereocenters. The molecule has 1 aromatic heterocycles. The van der Waals surface area contributed by atoms with Crippen molar-refractivity contribution in [1.82, 2.24) is 9.97 Å². The number of nitrogens with two attached hydrogens (primary N) is 1. The van der Waals surface area contributed by atoms with Crippen LogP contribution in [0.25, 0.3) is 22.0 Å². The van der Waals surface area contributed by atoms with Crippen LogP contribution in [-0.4, -0.2) is 9.97 Å². The Labute approximate surface area is 106 Å². The minimum absolute atomic E-state index is 0.0702. The monoisotopic (exact) mass is 237 g/mol. The molecule has 0 aliphatic carbocycles. The molecule has 3 aromatic rings. The molecular formula is C15H15N3. The Kier molecular flexibility index (Phi) is 2.61. The van der Waals surface area contributed by atoms with E-state index in [2.05, 4.69) is 40.3 Å². The van der Waals surface area contributed by atoms with Crippen molar-refractivity contribution in [3.05, 3.63) is 54.5 Å². The number of nitrogens with one attached hydrogen (secondary N) is 1. The Hall–Kier alpha value is -2.13. The zero-order chi connectivity index (χ0) is 12.5. The fourth-order valence-corrected chi connectivity index (χ4v) is 2.07. The maximum absolute atomic E-state index is 5.80. The molecule has 0 spiro atoms. The summed E-state index contributed by atoms with van der Waals surface area (Å²) in [4.78, 5) is 7.55. The average molecular weight is 237 g/mol. The molecular weight excluding hydrogens is 222 g/mol. The van der Waals surface area contributed by atoms with Gasteiger partial charge < -0.3 is 10.7 Å². The van der Waals surface area contributed by atoms with Gasteiger partial charge in [-0.15, -0.1) is 0 Å². The van der Waals surface area contributed by atoms with Crippen molar-refractivity contribution in [2.45, 2.75) is 13.0 Å². The van der Waals surface area contributed by atoms with Crippen LogP contribution < -0.4 is 5.73 Å². The maximum Gasteiger partial charge on any atom is 0.123 e. The van der Waals surface area contributed by atoms with Crippen LogP contribution in [0.3, 0.4) is 0 Å². The third kappa shape index (κ3) is 1.89. The van der Waals surface area contributed by atoms with Crippen molar-refractivity contribution >= 4 is 10.8 Å². The second-order valence-corrected chi connectivity index (χ2v) is 4.53. The van der Waals surface area contributed by atoms with E-state index in [9.17, 15) is 0 Å². The van der Waals surface area contributed by atoms with Gasteiger partial charge in [0.25, 0.3) is 0 Å². The van der Waals surface area contributed by atoms with Crippen molar-refractivity contribution in [2.24, 2.45) is 5.73 Å². The Morgan fingerprint density at radius 2 is 1.89 bits per heavy atom. The van der Waals surface area contributed by atoms with Gasteiger partial charge in [-0.25, -0.2) is 4.98 Å². The van der Waals surface area contributed by atoms with Gasteiger partial charge in [0, 0.05) is 5.56 Å². The lowest BCUT2D eigenvalue weighted by Gasteiger charge is -2.02. The van der Waals surface area contributed by atoms with Gasteiger partial charge in [-0.2, -0.15) is 0 Å². The highest BCUT2D eigenvalue weighted by Crippen LogP contribution is 2.23. The smallest absolute Gasteiger partial charge is 0.123 e. The lowest BCUT2D eigenvalue weighted by atomic mass is 10.1. The maximum atomic E-state index is 5.80. The second kappa shape index (κ2) is 4.27. The molecule has 3 N–H and O–H groups in total. The summed E-state index contributed by atoms with van der Waals surface area (Å²) in [7, 11) is 0. The van der Waals surface area contributed by atoms with Crippen LogP contribution >= 0.6 is 0 Å². The first-order valence-corrected chi connectivity index (χ1v) is 6.04. The zero-order valence-electron chi connectivity index (χ0n) is 10.2. The summed E-state index contributed by atoms with van der Waals surface area (Å²) in [6, 6.07) is 14.6. The number of H-pyrrole nitrogens is 1. The third-order valence-corrected chi connectivity index (χ3v) is 3.09. The highest BCUT2D eigenvalue weighted by Gasteiger charge is 2.06. The molecule has 0 saturated carbocycles. The van der Waals surface area contributed by atoms with E-state index in [4.69, 9.17) is 5.73 Å². The summed E-state index contributed by atoms with van der Waals surface area (Å²) in [5, 5.41) is 2.47. The molecule has 90 valence electrons. The number of benzene rings is 2. The average Bonchev–Trinajstić information content (AvgIpc) is 2.88. The van der Waals surface area contributed by atoms with Gasteiger partial charge in [0.15, 0.2) is 0 Å². The SMILES string of the molecule is C[C@H](N)c1ncc(-c2ccc3ccccc3c2)[nH]1. The van der Waals surface area contributed by atoms with Gasteiger partial charge in [0.2, 0.25) is 0 Å². The van der Waals surface area contributed by atoms with Crippen molar-refractivity contribution in [3.8, 4) is 11.3 Å². The van der Waals surface area contributed by atoms with Crippen LogP contribution in [0, 0.1) is 0 Å². The lowest BCUT2D eigenvalue weighted by molar-refractivity contribution is 0.756. The molecule has 3 heteroatoms. The summed E-state index contributed by atoms with van der Waals surface area (Å²) in [6.07, 6.45) is 1.84. The molecule has 0 fully saturated rings. The Morgan fingerprint density at radius 1 is 1.11 bits per heavy atom. The van der Waals surface area contributed by atoms with Crippen molar-refractivity contribution in [2.75, 3.05) is 0 Å². The topological polar surface area (TPSA) is 54.7 Å². The van der Waals surface area contributed by atoms with Crippen molar-refractivity contribution in [1.29, 1.82) is 0 Å². The molecule has 0 radical (unpaired) electrons. The first-order valence-electron chi connectivity index (χ1n) is 6.04. The Morgan fingerprint density at radius 3 is 2.61 bits per heavy atom. The number of imidazole rings is 1. The van der Waals surface area contributed by atoms with Crippen LogP contribution in [0.5, 0.6) is 0 Å². The number of fused-ring (bicyclic) bond motifs is 1. The van der Waals surface area contributed by atoms with Crippen LogP contribution in [0.1, 0.15) is 18.8 Å². The van der Waals surface area contributed by atoms with Crippen LogP contribution in [0.15, 0.2) is 48.7 Å². The molecule has 0 aliphatic rings. The molecule has 1 heterocycles. The van der Waals surface area contributed by atoms with Crippen LogP contribution in [0.2, 0.25) is 0 Å². The van der Waals surface area contributed by atoms with Gasteiger partial charge in [-0.1, -0.05) is 36.4 Å². The molecule has 18 heavy (non-hydrogen) atoms. The summed E-state index contributed by atoms with van der Waals surface area (Å²) in [5.74, 6) is 0.818. The van der Waals surface area contributed by atoms with Gasteiger partial charge >= 0.3 is 0 Å². The van der Waals surface area contributed by atoms with E-state index in [-0.39, 0.29) is 6.04 Å². The first-order chi connectivity index (χ1) is 8.74. The van der Waals surface area contributed by atoms with E-state index in [0.717, 1.165) is 17.1 Å². The number of nitrogens with zero attached hydrogens (tertiary/aromatic N) is 1. The van der Waals surface area contributed by atoms with E-state index in [0.29, 0.717) is 0 Å². The molecule has 0 unspecified atom stereocenters. The van der Waals surface area contributed by atoms with Gasteiger partial charge in [-0.3, -0.25) is 0 Å². The highest BCUT2D eigenvalue weighted by molar-refractivity contribution is 5.86. The quantitative estimate of drug-likeness (QED) is 0.718. The normalized spacial score (nSPS) is 12.8. The fourth-order valence-electron chi connectivity index (χ4n) is 2.07. The number of hydrogen-bond donors (Lipinski definition) is 2. The van der Waals surface area contributed by atoms with Crippen LogP contribution in [-0.2, 0) is 0 Å². The second-order valence-electron chi connectivity index (χ2n) is 4.53. The molecule has 3 rings (SSSR count). The van der Waals surface area contributed by atoms with Gasteiger partial charge in [0.05, 0.1) is 17.9 Å². The molecule has 3 nitrogen and oxygen atoms in total. The summed E-state index contributed by atoms with van der Waals surface area (Å²) >= 11 is 0. The number of hydrogen-bond acceptors (Lipinski definition) is 2. The van der Waals surface area contributed by atoms with E-state index in [1.54, 1.807) is 0 Å². The van der Waals surface area contributed by atoms with Crippen LogP contribution in [0.4, 0.5) is 0 Å². The molecule has 0 aliphatic heterocycles. The number of aromatic amines is 1. The highest BCUT2D eigenvalue weighted by atomic mass is 14.9. The Balaban J connectivity index is 2.07. The largest absolute Gasteiger partial charge is 0.341 e. The van der Waals surface area contributed by atoms with E-state index < -0.39 is 0 Å². The van der Waals surface area contributed by atoms with Crippen molar-refractivity contribution < 1.29 is 0 Å². The Bertz CT molecular complexity index is 683.